The zero-order valence-corrected chi connectivity index (χ0v) is 53.1. The Morgan fingerprint density at radius 1 is 0.729 bits per heavy atom. The highest BCUT2D eigenvalue weighted by Crippen LogP contribution is 2.43. The fourth-order valence-electron chi connectivity index (χ4n) is 10.1. The van der Waals surface area contributed by atoms with Gasteiger partial charge in [0.2, 0.25) is 0 Å². The summed E-state index contributed by atoms with van der Waals surface area (Å²) in [7, 11) is -9.40. The highest BCUT2D eigenvalue weighted by Gasteiger charge is 2.49. The van der Waals surface area contributed by atoms with Gasteiger partial charge in [-0.15, -0.1) is 13.2 Å². The predicted molar refractivity (Wildman–Crippen MR) is 310 cm³/mol. The smallest absolute Gasteiger partial charge is 0.333 e. The van der Waals surface area contributed by atoms with Crippen LogP contribution in [-0.4, -0.2) is 87.2 Å². The molecule has 0 N–H and O–H groups in total. The third-order valence-electron chi connectivity index (χ3n) is 17.0. The molecule has 9 atom stereocenters. The van der Waals surface area contributed by atoms with E-state index in [1.54, 1.807) is 0 Å². The Labute approximate surface area is 436 Å². The molecule has 1 aliphatic heterocycles. The molecular formula is C58H110O8Si4. The largest absolute Gasteiger partial charge is 0.459 e. The van der Waals surface area contributed by atoms with Gasteiger partial charge in [-0.3, -0.25) is 4.79 Å². The topological polar surface area (TPSA) is 92.8 Å². The Kier molecular flexibility index (Phi) is 28.7. The van der Waals surface area contributed by atoms with Crippen LogP contribution in [0.2, 0.25) is 72.5 Å². The molecule has 0 aromatic rings. The van der Waals surface area contributed by atoms with E-state index in [2.05, 4.69) is 150 Å². The quantitative estimate of drug-likeness (QED) is 0.0115. The molecule has 0 aromatic heterocycles. The van der Waals surface area contributed by atoms with E-state index >= 15 is 4.79 Å². The van der Waals surface area contributed by atoms with Gasteiger partial charge in [-0.1, -0.05) is 133 Å². The van der Waals surface area contributed by atoms with Gasteiger partial charge in [-0.05, 0) is 150 Å². The number of unbranched alkanes of at least 4 members (excludes halogenated alkanes) is 1. The molecule has 1 rings (SSSR count). The molecule has 8 nitrogen and oxygen atoms in total. The second kappa shape index (κ2) is 30.2. The van der Waals surface area contributed by atoms with E-state index in [0.29, 0.717) is 24.3 Å². The summed E-state index contributed by atoms with van der Waals surface area (Å²) in [6, 6.07) is 8.51. The first-order valence-corrected chi connectivity index (χ1v) is 38.5. The zero-order chi connectivity index (χ0) is 53.9. The lowest BCUT2D eigenvalue weighted by molar-refractivity contribution is -0.146. The number of ether oxygens (including phenoxy) is 2. The second-order valence-electron chi connectivity index (χ2n) is 23.1. The van der Waals surface area contributed by atoms with Gasteiger partial charge in [0.05, 0.1) is 30.0 Å². The molecule has 406 valence electrons. The summed E-state index contributed by atoms with van der Waals surface area (Å²) in [4.78, 5) is 29.4. The number of ketones is 1. The van der Waals surface area contributed by atoms with Crippen LogP contribution in [0.1, 0.15) is 170 Å². The summed E-state index contributed by atoms with van der Waals surface area (Å²) in [6.45, 7) is 56.7. The summed E-state index contributed by atoms with van der Waals surface area (Å²) < 4.78 is 42.3. The van der Waals surface area contributed by atoms with Gasteiger partial charge in [-0.2, -0.15) is 0 Å². The van der Waals surface area contributed by atoms with E-state index in [9.17, 15) is 4.79 Å². The minimum Gasteiger partial charge on any atom is -0.459 e. The summed E-state index contributed by atoms with van der Waals surface area (Å²) in [5.41, 5.74) is 2.07. The number of hydrogen-bond acceptors (Lipinski definition) is 8. The molecule has 1 fully saturated rings. The fraction of sp³-hybridized carbons (Fsp3) is 0.793. The maximum atomic E-state index is 16.0. The molecule has 1 aliphatic rings. The van der Waals surface area contributed by atoms with Crippen molar-refractivity contribution in [3.8, 4) is 0 Å². The van der Waals surface area contributed by atoms with E-state index in [0.717, 1.165) is 91.2 Å². The van der Waals surface area contributed by atoms with Crippen molar-refractivity contribution in [1.82, 2.24) is 0 Å². The SMILES string of the molecule is C=CCC/C=C(\C)C(=O)O[C@@H](C)C[C@@H](C)[C@H](O[Si](CC)(CC)CC)[C@@H](O[Si](CC)(CC)CC)C(=O)C[C@H](C[C@@](C)(O[Si](CC)(CC)CC)/C(C)=C/C(=C)C[C@@H](C)C[C@@H]1O[C@H]1C=C)O[Si](C)(C)C(C)(C)C. The van der Waals surface area contributed by atoms with E-state index in [1.165, 1.54) is 0 Å². The highest BCUT2D eigenvalue weighted by molar-refractivity contribution is 6.75. The second-order valence-corrected chi connectivity index (χ2v) is 42.0. The zero-order valence-electron chi connectivity index (χ0n) is 49.1. The number of epoxide rings is 1. The van der Waals surface area contributed by atoms with Gasteiger partial charge < -0.3 is 27.2 Å². The van der Waals surface area contributed by atoms with Crippen LogP contribution in [0.5, 0.6) is 0 Å². The Morgan fingerprint density at radius 3 is 1.70 bits per heavy atom. The van der Waals surface area contributed by atoms with Crippen LogP contribution < -0.4 is 0 Å². The number of Topliss-reactive ketones (excluding diaryl/α,β-unsaturated/α-hetero) is 1. The number of allylic oxidation sites excluding steroid dienone is 4. The van der Waals surface area contributed by atoms with Crippen molar-refractivity contribution in [2.45, 2.75) is 284 Å². The first kappa shape index (κ1) is 66.5. The summed E-state index contributed by atoms with van der Waals surface area (Å²) in [5, 5.41) is -0.0996. The van der Waals surface area contributed by atoms with Crippen LogP contribution in [0.3, 0.4) is 0 Å². The van der Waals surface area contributed by atoms with Crippen molar-refractivity contribution in [3.05, 3.63) is 60.8 Å². The van der Waals surface area contributed by atoms with Gasteiger partial charge in [0.25, 0.3) is 0 Å². The maximum absolute atomic E-state index is 16.0. The summed E-state index contributed by atoms with van der Waals surface area (Å²) in [6.07, 6.45) is 10.8. The molecular weight excluding hydrogens is 937 g/mol. The molecule has 0 spiro atoms. The van der Waals surface area contributed by atoms with Crippen molar-refractivity contribution < 1.29 is 36.8 Å². The molecule has 0 saturated carbocycles. The molecule has 70 heavy (non-hydrogen) atoms. The lowest BCUT2D eigenvalue weighted by Crippen LogP contribution is -2.56. The number of rotatable bonds is 38. The number of carbonyl (C=O) groups is 2. The van der Waals surface area contributed by atoms with Gasteiger partial charge in [-0.25, -0.2) is 4.79 Å². The molecule has 0 amide bonds. The van der Waals surface area contributed by atoms with Gasteiger partial charge in [0.1, 0.15) is 12.2 Å². The van der Waals surface area contributed by atoms with E-state index in [1.807, 2.05) is 32.1 Å². The average molecular weight is 1050 g/mol. The highest BCUT2D eigenvalue weighted by atomic mass is 28.4. The minimum absolute atomic E-state index is 0.0389. The summed E-state index contributed by atoms with van der Waals surface area (Å²) >= 11 is 0. The minimum atomic E-state index is -2.46. The number of hydrogen-bond donors (Lipinski definition) is 0. The first-order valence-electron chi connectivity index (χ1n) is 28.0. The number of carbonyl (C=O) groups excluding carboxylic acids is 2. The van der Waals surface area contributed by atoms with Crippen molar-refractivity contribution in [2.75, 3.05) is 0 Å². The standard InChI is InChI=1S/C58H110O8Si4/c1-24-35-36-37-46(14)56(60)61-49(17)41-47(15)54(64-68(26-3,27-4)28-5)55(65-69(29-6,30-7)31-8)51(59)42-50(63-67(22,23)57(18,19)20)43-58(21,66-70(32-9,33-10)34-11)48(16)39-44(12)38-45(13)40-53-52(25-2)62-53/h24-25,37,39,45,47,49-50,52-55H,1-2,12,26-36,38,40-43H2,3-11,13-23H3/b46-37+,48-39+/t45-,47-,49+,50-,52+,53+,54+,55+,58-/m1/s1. The lowest BCUT2D eigenvalue weighted by atomic mass is 9.85. The Balaban J connectivity index is 4.15. The molecule has 0 bridgehead atoms. The number of esters is 1. The normalized spacial score (nSPS) is 19.9. The molecule has 1 heterocycles. The lowest BCUT2D eigenvalue weighted by Gasteiger charge is -2.46. The summed E-state index contributed by atoms with van der Waals surface area (Å²) in [5.74, 6) is -0.0221. The third kappa shape index (κ3) is 20.0. The van der Waals surface area contributed by atoms with Gasteiger partial charge in [0, 0.05) is 18.4 Å². The van der Waals surface area contributed by atoms with Crippen molar-refractivity contribution in [3.63, 3.8) is 0 Å². The van der Waals surface area contributed by atoms with Gasteiger partial charge >= 0.3 is 5.97 Å². The van der Waals surface area contributed by atoms with Crippen LogP contribution in [0.25, 0.3) is 0 Å². The fourth-order valence-corrected chi connectivity index (χ4v) is 20.3. The third-order valence-corrected chi connectivity index (χ3v) is 35.5. The van der Waals surface area contributed by atoms with Crippen molar-refractivity contribution in [1.29, 1.82) is 0 Å². The molecule has 0 radical (unpaired) electrons. The molecule has 12 heteroatoms. The molecule has 1 saturated heterocycles. The van der Waals surface area contributed by atoms with Crippen LogP contribution in [0, 0.1) is 11.8 Å². The monoisotopic (exact) mass is 1050 g/mol. The molecule has 0 aliphatic carbocycles. The van der Waals surface area contributed by atoms with E-state index < -0.39 is 63.3 Å². The van der Waals surface area contributed by atoms with Crippen molar-refractivity contribution in [2.24, 2.45) is 11.8 Å². The van der Waals surface area contributed by atoms with Crippen LogP contribution in [-0.2, 0) is 36.8 Å². The van der Waals surface area contributed by atoms with Gasteiger partial charge in [0.15, 0.2) is 39.1 Å². The van der Waals surface area contributed by atoms with Crippen LogP contribution in [0.4, 0.5) is 0 Å². The van der Waals surface area contributed by atoms with E-state index in [4.69, 9.17) is 27.2 Å². The maximum Gasteiger partial charge on any atom is 0.333 e. The van der Waals surface area contributed by atoms with E-state index in [-0.39, 0.29) is 41.3 Å². The predicted octanol–water partition coefficient (Wildman–Crippen LogP) is 17.0. The Hall–Kier alpha value is -1.49. The van der Waals surface area contributed by atoms with Crippen LogP contribution >= 0.6 is 0 Å². The molecule has 0 unspecified atom stereocenters. The van der Waals surface area contributed by atoms with Crippen molar-refractivity contribution >= 4 is 45.0 Å². The first-order chi connectivity index (χ1) is 32.6. The van der Waals surface area contributed by atoms with Crippen LogP contribution in [0.15, 0.2) is 60.8 Å². The Morgan fingerprint density at radius 2 is 1.24 bits per heavy atom. The average Bonchev–Trinajstić information content (AvgIpc) is 4.06. The molecule has 0 aromatic carbocycles. The Bertz CT molecular complexity index is 1660.